The molecule has 3 aromatic rings. The van der Waals surface area contributed by atoms with Gasteiger partial charge in [-0.2, -0.15) is 5.10 Å². The van der Waals surface area contributed by atoms with E-state index in [1.807, 2.05) is 25.3 Å². The summed E-state index contributed by atoms with van der Waals surface area (Å²) in [6.07, 6.45) is 5.29. The minimum absolute atomic E-state index is 0.687. The number of hydrogen-bond acceptors (Lipinski definition) is 8. The van der Waals surface area contributed by atoms with Gasteiger partial charge in [-0.3, -0.25) is 4.90 Å². The van der Waals surface area contributed by atoms with Gasteiger partial charge in [0.1, 0.15) is 22.2 Å². The highest BCUT2D eigenvalue weighted by Gasteiger charge is 2.40. The lowest BCUT2D eigenvalue weighted by atomic mass is 10.0. The standard InChI is InChI=1S/C17H20N8S/c1-12-21-22-17(26-12)10-23-6-13-8-24(9-14(13)7-23)15-5-16(19-11-18-15)25-4-2-3-20-25/h2-5,11,13-14H,6-10H2,1H3. The Morgan fingerprint density at radius 1 is 1.08 bits per heavy atom. The summed E-state index contributed by atoms with van der Waals surface area (Å²) in [5.74, 6) is 3.18. The third kappa shape index (κ3) is 2.97. The molecule has 2 fully saturated rings. The maximum atomic E-state index is 4.49. The van der Waals surface area contributed by atoms with Gasteiger partial charge < -0.3 is 4.90 Å². The summed E-state index contributed by atoms with van der Waals surface area (Å²) >= 11 is 1.70. The van der Waals surface area contributed by atoms with Gasteiger partial charge in [-0.05, 0) is 24.8 Å². The van der Waals surface area contributed by atoms with Crippen molar-refractivity contribution in [2.75, 3.05) is 31.1 Å². The Hall–Kier alpha value is -2.39. The molecule has 26 heavy (non-hydrogen) atoms. The summed E-state index contributed by atoms with van der Waals surface area (Å²) in [6, 6.07) is 3.92. The van der Waals surface area contributed by atoms with Gasteiger partial charge in [0.25, 0.3) is 0 Å². The zero-order valence-electron chi connectivity index (χ0n) is 14.6. The Balaban J connectivity index is 1.25. The largest absolute Gasteiger partial charge is 0.356 e. The number of likely N-dealkylation sites (tertiary alicyclic amines) is 1. The van der Waals surface area contributed by atoms with E-state index in [0.29, 0.717) is 11.8 Å². The number of aromatic nitrogens is 6. The predicted molar refractivity (Wildman–Crippen MR) is 98.3 cm³/mol. The van der Waals surface area contributed by atoms with Crippen LogP contribution in [0.4, 0.5) is 5.82 Å². The highest BCUT2D eigenvalue weighted by atomic mass is 32.1. The van der Waals surface area contributed by atoms with E-state index in [9.17, 15) is 0 Å². The maximum Gasteiger partial charge on any atom is 0.158 e. The minimum atomic E-state index is 0.687. The van der Waals surface area contributed by atoms with E-state index in [1.54, 1.807) is 28.5 Å². The summed E-state index contributed by atoms with van der Waals surface area (Å²) in [5.41, 5.74) is 0. The number of nitrogens with zero attached hydrogens (tertiary/aromatic N) is 8. The SMILES string of the molecule is Cc1nnc(CN2CC3CN(c4cc(-n5cccn5)ncn4)CC3C2)s1. The van der Waals surface area contributed by atoms with Gasteiger partial charge in [-0.1, -0.05) is 0 Å². The van der Waals surface area contributed by atoms with Crippen molar-refractivity contribution in [1.29, 1.82) is 0 Å². The molecule has 5 rings (SSSR count). The average Bonchev–Trinajstić information content (AvgIpc) is 3.39. The van der Waals surface area contributed by atoms with Crippen LogP contribution in [-0.4, -0.2) is 61.0 Å². The summed E-state index contributed by atoms with van der Waals surface area (Å²) in [4.78, 5) is 13.7. The van der Waals surface area contributed by atoms with Crippen LogP contribution in [0.3, 0.4) is 0 Å². The maximum absolute atomic E-state index is 4.49. The number of rotatable bonds is 4. The first-order valence-electron chi connectivity index (χ1n) is 8.83. The Labute approximate surface area is 155 Å². The fraction of sp³-hybridized carbons (Fsp3) is 0.471. The molecule has 3 aromatic heterocycles. The van der Waals surface area contributed by atoms with Gasteiger partial charge in [-0.15, -0.1) is 21.5 Å². The number of aryl methyl sites for hydroxylation is 1. The highest BCUT2D eigenvalue weighted by molar-refractivity contribution is 7.11. The topological polar surface area (TPSA) is 75.9 Å². The molecule has 9 heteroatoms. The summed E-state index contributed by atoms with van der Waals surface area (Å²) in [6.45, 7) is 7.28. The lowest BCUT2D eigenvalue weighted by molar-refractivity contribution is 0.307. The zero-order chi connectivity index (χ0) is 17.5. The van der Waals surface area contributed by atoms with Gasteiger partial charge >= 0.3 is 0 Å². The molecule has 0 bridgehead atoms. The number of fused-ring (bicyclic) bond motifs is 1. The first kappa shape index (κ1) is 15.8. The van der Waals surface area contributed by atoms with E-state index < -0.39 is 0 Å². The Kier molecular flexibility index (Phi) is 3.90. The second kappa shape index (κ2) is 6.40. The molecular weight excluding hydrogens is 348 g/mol. The molecule has 2 atom stereocenters. The number of anilines is 1. The average molecular weight is 368 g/mol. The van der Waals surface area contributed by atoms with Crippen molar-refractivity contribution in [2.24, 2.45) is 11.8 Å². The van der Waals surface area contributed by atoms with Crippen LogP contribution in [0.1, 0.15) is 10.0 Å². The van der Waals surface area contributed by atoms with Gasteiger partial charge in [0.05, 0.1) is 6.54 Å². The van der Waals surface area contributed by atoms with E-state index in [2.05, 4.69) is 35.1 Å². The summed E-state index contributed by atoms with van der Waals surface area (Å²) in [7, 11) is 0. The van der Waals surface area contributed by atoms with Crippen molar-refractivity contribution in [3.8, 4) is 5.82 Å². The molecule has 0 aromatic carbocycles. The van der Waals surface area contributed by atoms with Crippen LogP contribution in [0.15, 0.2) is 30.9 Å². The highest BCUT2D eigenvalue weighted by Crippen LogP contribution is 2.34. The molecule has 0 aliphatic carbocycles. The molecule has 0 radical (unpaired) electrons. The smallest absolute Gasteiger partial charge is 0.158 e. The van der Waals surface area contributed by atoms with Crippen LogP contribution in [0.25, 0.3) is 5.82 Å². The first-order chi connectivity index (χ1) is 12.7. The zero-order valence-corrected chi connectivity index (χ0v) is 15.4. The van der Waals surface area contributed by atoms with Crippen molar-refractivity contribution in [3.63, 3.8) is 0 Å². The Morgan fingerprint density at radius 3 is 2.58 bits per heavy atom. The van der Waals surface area contributed by atoms with Gasteiger partial charge in [0.15, 0.2) is 5.82 Å². The van der Waals surface area contributed by atoms with Gasteiger partial charge in [0.2, 0.25) is 0 Å². The third-order valence-electron chi connectivity index (χ3n) is 5.19. The number of hydrogen-bond donors (Lipinski definition) is 0. The van der Waals surface area contributed by atoms with E-state index in [4.69, 9.17) is 0 Å². The van der Waals surface area contributed by atoms with Crippen LogP contribution in [0, 0.1) is 18.8 Å². The van der Waals surface area contributed by atoms with E-state index in [1.165, 1.54) is 0 Å². The molecular formula is C17H20N8S. The molecule has 0 N–H and O–H groups in total. The van der Waals surface area contributed by atoms with Crippen LogP contribution >= 0.6 is 11.3 Å². The predicted octanol–water partition coefficient (Wildman–Crippen LogP) is 1.39. The fourth-order valence-corrected chi connectivity index (χ4v) is 4.79. The van der Waals surface area contributed by atoms with Crippen molar-refractivity contribution in [3.05, 3.63) is 40.9 Å². The van der Waals surface area contributed by atoms with Crippen LogP contribution < -0.4 is 4.90 Å². The lowest BCUT2D eigenvalue weighted by Gasteiger charge is -2.21. The van der Waals surface area contributed by atoms with Crippen molar-refractivity contribution in [2.45, 2.75) is 13.5 Å². The minimum Gasteiger partial charge on any atom is -0.356 e. The summed E-state index contributed by atoms with van der Waals surface area (Å²) < 4.78 is 1.77. The molecule has 5 heterocycles. The lowest BCUT2D eigenvalue weighted by Crippen LogP contribution is -2.29. The normalized spacial score (nSPS) is 22.9. The van der Waals surface area contributed by atoms with Crippen molar-refractivity contribution < 1.29 is 0 Å². The molecule has 0 saturated carbocycles. The monoisotopic (exact) mass is 368 g/mol. The van der Waals surface area contributed by atoms with Crippen LogP contribution in [-0.2, 0) is 6.54 Å². The molecule has 0 spiro atoms. The molecule has 2 aliphatic rings. The molecule has 8 nitrogen and oxygen atoms in total. The molecule has 2 unspecified atom stereocenters. The first-order valence-corrected chi connectivity index (χ1v) is 9.64. The third-order valence-corrected chi connectivity index (χ3v) is 6.01. The van der Waals surface area contributed by atoms with E-state index in [-0.39, 0.29) is 0 Å². The second-order valence-corrected chi connectivity index (χ2v) is 8.29. The van der Waals surface area contributed by atoms with Crippen molar-refractivity contribution in [1.82, 2.24) is 34.8 Å². The Bertz CT molecular complexity index is 878. The molecule has 134 valence electrons. The van der Waals surface area contributed by atoms with Gasteiger partial charge in [-0.25, -0.2) is 14.6 Å². The molecule has 2 saturated heterocycles. The van der Waals surface area contributed by atoms with Crippen LogP contribution in [0.2, 0.25) is 0 Å². The fourth-order valence-electron chi connectivity index (χ4n) is 4.04. The van der Waals surface area contributed by atoms with E-state index >= 15 is 0 Å². The van der Waals surface area contributed by atoms with Crippen LogP contribution in [0.5, 0.6) is 0 Å². The quantitative estimate of drug-likeness (QED) is 0.689. The van der Waals surface area contributed by atoms with Gasteiger partial charge in [0, 0.05) is 44.6 Å². The van der Waals surface area contributed by atoms with E-state index in [0.717, 1.165) is 54.4 Å². The summed E-state index contributed by atoms with van der Waals surface area (Å²) in [5, 5.41) is 14.8. The second-order valence-electron chi connectivity index (χ2n) is 7.02. The molecule has 2 aliphatic heterocycles. The molecule has 0 amide bonds. The van der Waals surface area contributed by atoms with Crippen molar-refractivity contribution >= 4 is 17.2 Å². The Morgan fingerprint density at radius 2 is 1.88 bits per heavy atom.